The van der Waals surface area contributed by atoms with E-state index in [1.807, 2.05) is 24.3 Å². The molecule has 8 bridgehead atoms. The minimum Gasteiger partial charge on any atom is -0.496 e. The monoisotopic (exact) mass is 1490 g/mol. The van der Waals surface area contributed by atoms with Gasteiger partial charge in [-0.15, -0.1) is 0 Å². The third-order valence-electron chi connectivity index (χ3n) is 22.8. The van der Waals surface area contributed by atoms with Gasteiger partial charge < -0.3 is 119 Å². The molecule has 2 amide bonds. The van der Waals surface area contributed by atoms with Crippen molar-refractivity contribution in [1.29, 1.82) is 0 Å². The van der Waals surface area contributed by atoms with Gasteiger partial charge in [-0.2, -0.15) is 4.58 Å². The number of anilines is 1. The summed E-state index contributed by atoms with van der Waals surface area (Å²) in [6, 6.07) is 25.0. The van der Waals surface area contributed by atoms with Crippen LogP contribution in [0.1, 0.15) is 103 Å². The van der Waals surface area contributed by atoms with Gasteiger partial charge in [0.05, 0.1) is 51.2 Å². The SMILES string of the molecule is COC1=C(C=CC2=[N+](CC(=O)NCCCO[C@H]3[C@H]4CCCO[C@H]5[C@H](O)[C@@H](O)[C@@H](OC([C@@H](CO)O4)[C@@H]3O)O[C@@H]5CO)c3ccc4ccccc4c3C2(C)C)CCCC1=CC=C1N(CCC(=O)NCCCO[C@H]2C3O[C@H]4[C@H](O)[C@@H](O)[C@@H](CCCO[C@@H]([C@@H]2O)[C@@H](CO)O3)O[C@@H]4CO)c2ccc3ccccc3c2C1(C)C. The standard InChI is InChI=1S/C80H106N4O23/c1-79(2)58(83(50-27-23-44-15-6-8-19-48(44)62(50)79)34-31-60(89)81-32-13-38-101-76-69(96)73-55(41-86)105-78(76)107-74-56(42-87)102-52(21-11-35-99-73)64(91)65(74)92)29-25-46-17-10-18-47(70(46)97-5)26-30-59-80(3,4)63-49-20-9-7-16-45(49)24-28-51(63)84(59)39-61(90)82-33-14-37-100-71-53-22-12-36-98-72-54(40-85)104-77(67(94)66(72)93)106-75(68(71)95)57(43-88)103-53/h6-9,15-16,19-20,23-30,52-57,64-69,71-78,85-88,91-96H,10-14,17-18,21-22,31-43H2,1-5H3,(H-,81,82,89,90)/p+1/t52-,53-,54-,55-,56-,57-,64+,65-,66-,67-,68-,69+,71+,72-,73-,74-,75?,76-,77-,78?/m1/s1. The maximum atomic E-state index is 14.4. The van der Waals surface area contributed by atoms with Crippen LogP contribution in [0.3, 0.4) is 0 Å². The summed E-state index contributed by atoms with van der Waals surface area (Å²) in [4.78, 5) is 30.6. The largest absolute Gasteiger partial charge is 0.496 e. The molecule has 4 aromatic carbocycles. The molecule has 1 aliphatic carbocycles. The Bertz CT molecular complexity index is 3930. The first-order valence-electron chi connectivity index (χ1n) is 38.0. The van der Waals surface area contributed by atoms with E-state index in [1.165, 1.54) is 0 Å². The molecule has 12 N–H and O–H groups in total. The molecule has 12 saturated heterocycles. The van der Waals surface area contributed by atoms with Crippen molar-refractivity contribution in [3.05, 3.63) is 131 Å². The predicted octanol–water partition coefficient (Wildman–Crippen LogP) is 3.04. The highest BCUT2D eigenvalue weighted by Crippen LogP contribution is 2.52. The van der Waals surface area contributed by atoms with Crippen LogP contribution in [-0.2, 0) is 72.5 Å². The van der Waals surface area contributed by atoms with Gasteiger partial charge in [-0.25, -0.2) is 0 Å². The van der Waals surface area contributed by atoms with Gasteiger partial charge in [-0.3, -0.25) is 9.59 Å². The van der Waals surface area contributed by atoms with E-state index in [0.29, 0.717) is 45.1 Å². The van der Waals surface area contributed by atoms with E-state index < -0.39 is 160 Å². The minimum atomic E-state index is -1.60. The number of hydrogen-bond acceptors (Lipinski definition) is 24. The smallest absolute Gasteiger partial charge is 0.286 e. The molecule has 27 nitrogen and oxygen atoms in total. The predicted molar refractivity (Wildman–Crippen MR) is 390 cm³/mol. The number of aliphatic hydroxyl groups excluding tert-OH is 10. The molecule has 4 aromatic rings. The fraction of sp³-hybridized carbons (Fsp3) is 0.613. The Balaban J connectivity index is 0.690. The summed E-state index contributed by atoms with van der Waals surface area (Å²) in [6.07, 6.45) is -10.5. The quantitative estimate of drug-likeness (QED) is 0.0375. The van der Waals surface area contributed by atoms with Crippen LogP contribution < -0.4 is 15.5 Å². The van der Waals surface area contributed by atoms with E-state index in [2.05, 4.69) is 121 Å². The summed E-state index contributed by atoms with van der Waals surface area (Å²) in [5.41, 5.74) is 7.04. The minimum absolute atomic E-state index is 0.00388. The maximum absolute atomic E-state index is 14.4. The van der Waals surface area contributed by atoms with Crippen LogP contribution in [0.4, 0.5) is 11.4 Å². The molecule has 0 radical (unpaired) electrons. The van der Waals surface area contributed by atoms with Crippen molar-refractivity contribution in [2.24, 2.45) is 0 Å². The molecule has 0 saturated carbocycles. The van der Waals surface area contributed by atoms with Crippen molar-refractivity contribution in [3.63, 3.8) is 0 Å². The Morgan fingerprint density at radius 3 is 1.80 bits per heavy atom. The average molecular weight is 1490 g/mol. The number of carbonyl (C=O) groups excluding carboxylic acids is 2. The number of rotatable bonds is 23. The van der Waals surface area contributed by atoms with Crippen LogP contribution >= 0.6 is 0 Å². The Morgan fingerprint density at radius 1 is 0.570 bits per heavy atom. The van der Waals surface area contributed by atoms with Crippen LogP contribution in [0.5, 0.6) is 0 Å². The number of aliphatic hydroxyl groups is 10. The highest BCUT2D eigenvalue weighted by Gasteiger charge is 2.55. The topological polar surface area (TPSA) is 368 Å². The van der Waals surface area contributed by atoms with Crippen LogP contribution in [0, 0.1) is 0 Å². The fourth-order valence-corrected chi connectivity index (χ4v) is 17.4. The molecule has 27 heteroatoms. The molecule has 12 fully saturated rings. The summed E-state index contributed by atoms with van der Waals surface area (Å²) in [5.74, 6) is 0.351. The molecule has 20 atom stereocenters. The highest BCUT2D eigenvalue weighted by molar-refractivity contribution is 6.08. The molecule has 14 aliphatic heterocycles. The van der Waals surface area contributed by atoms with E-state index in [0.717, 1.165) is 91.6 Å². The molecule has 2 unspecified atom stereocenters. The Labute approximate surface area is 622 Å². The third kappa shape index (κ3) is 16.2. The number of nitrogens with zero attached hydrogens (tertiary/aromatic N) is 2. The average Bonchev–Trinajstić information content (AvgIpc) is 1.58. The van der Waals surface area contributed by atoms with Gasteiger partial charge in [0.15, 0.2) is 18.3 Å². The lowest BCUT2D eigenvalue weighted by atomic mass is 9.78. The number of ether oxygens (including phenoxy) is 11. The second-order valence-corrected chi connectivity index (χ2v) is 30.4. The van der Waals surface area contributed by atoms with Crippen molar-refractivity contribution in [2.45, 2.75) is 225 Å². The maximum Gasteiger partial charge on any atom is 0.286 e. The summed E-state index contributed by atoms with van der Waals surface area (Å²) < 4.78 is 69.4. The first-order chi connectivity index (χ1) is 51.7. The van der Waals surface area contributed by atoms with Crippen molar-refractivity contribution in [2.75, 3.05) is 91.0 Å². The number of fused-ring (bicyclic) bond motifs is 6. The Morgan fingerprint density at radius 2 is 1.13 bits per heavy atom. The molecule has 15 aliphatic rings. The van der Waals surface area contributed by atoms with Crippen molar-refractivity contribution in [1.82, 2.24) is 10.6 Å². The van der Waals surface area contributed by atoms with Gasteiger partial charge in [-0.1, -0.05) is 74.5 Å². The van der Waals surface area contributed by atoms with Gasteiger partial charge in [0.2, 0.25) is 18.1 Å². The number of hydrogen-bond donors (Lipinski definition) is 12. The van der Waals surface area contributed by atoms with Gasteiger partial charge in [0.1, 0.15) is 103 Å². The number of carbonyl (C=O) groups is 2. The molecule has 14 heterocycles. The number of allylic oxidation sites excluding steroid dienone is 7. The van der Waals surface area contributed by atoms with Crippen molar-refractivity contribution in [3.8, 4) is 0 Å². The zero-order valence-electron chi connectivity index (χ0n) is 61.5. The number of methoxy groups -OCH3 is 1. The first kappa shape index (κ1) is 78.9. The molecule has 0 aromatic heterocycles. The second kappa shape index (κ2) is 34.6. The lowest BCUT2D eigenvalue weighted by molar-refractivity contribution is -0.425. The van der Waals surface area contributed by atoms with E-state index in [4.69, 9.17) is 52.1 Å². The summed E-state index contributed by atoms with van der Waals surface area (Å²) >= 11 is 0. The second-order valence-electron chi connectivity index (χ2n) is 30.4. The van der Waals surface area contributed by atoms with Gasteiger partial charge in [0, 0.05) is 87.0 Å². The molecule has 0 spiro atoms. The number of benzene rings is 4. The van der Waals surface area contributed by atoms with E-state index in [1.54, 1.807) is 7.11 Å². The Hall–Kier alpha value is -6.23. The van der Waals surface area contributed by atoms with Gasteiger partial charge in [-0.05, 0) is 134 Å². The zero-order valence-corrected chi connectivity index (χ0v) is 61.5. The zero-order chi connectivity index (χ0) is 75.4. The van der Waals surface area contributed by atoms with Gasteiger partial charge in [0.25, 0.3) is 5.91 Å². The number of amides is 2. The van der Waals surface area contributed by atoms with Crippen LogP contribution in [0.25, 0.3) is 21.5 Å². The molecular weight excluding hydrogens is 1380 g/mol. The summed E-state index contributed by atoms with van der Waals surface area (Å²) in [6.45, 7) is 7.89. The first-order valence-corrected chi connectivity index (χ1v) is 38.0. The number of nitrogens with one attached hydrogen (secondary N) is 2. The van der Waals surface area contributed by atoms with E-state index in [9.17, 15) is 60.7 Å². The van der Waals surface area contributed by atoms with Gasteiger partial charge >= 0.3 is 0 Å². The molecule has 584 valence electrons. The van der Waals surface area contributed by atoms with Crippen molar-refractivity contribution >= 4 is 50.4 Å². The highest BCUT2D eigenvalue weighted by atomic mass is 16.7. The molecule has 107 heavy (non-hydrogen) atoms. The summed E-state index contributed by atoms with van der Waals surface area (Å²) in [7, 11) is 1.70. The van der Waals surface area contributed by atoms with Crippen LogP contribution in [0.2, 0.25) is 0 Å². The van der Waals surface area contributed by atoms with E-state index in [-0.39, 0.29) is 64.3 Å². The molecular formula is C80H107N4O23+. The van der Waals surface area contributed by atoms with E-state index >= 15 is 0 Å². The van der Waals surface area contributed by atoms with Crippen LogP contribution in [-0.4, -0.2) is 282 Å². The molecule has 19 rings (SSSR count). The normalized spacial score (nSPS) is 34.4. The third-order valence-corrected chi connectivity index (χ3v) is 22.8. The summed E-state index contributed by atoms with van der Waals surface area (Å²) in [5, 5.41) is 119. The fourth-order valence-electron chi connectivity index (χ4n) is 17.4. The van der Waals surface area contributed by atoms with Crippen molar-refractivity contribution < 1.29 is 117 Å². The Kier molecular flexibility index (Phi) is 25.5. The van der Waals surface area contributed by atoms with Crippen LogP contribution in [0.15, 0.2) is 120 Å². The lowest BCUT2D eigenvalue weighted by Crippen LogP contribution is -2.65. The lowest BCUT2D eigenvalue weighted by Gasteiger charge is -2.47.